The molecule has 0 bridgehead atoms. The van der Waals surface area contributed by atoms with Crippen LogP contribution in [0.5, 0.6) is 0 Å². The third-order valence-corrected chi connectivity index (χ3v) is 5.66. The van der Waals surface area contributed by atoms with Gasteiger partial charge in [-0.3, -0.25) is 14.4 Å². The summed E-state index contributed by atoms with van der Waals surface area (Å²) in [6.45, 7) is 6.22. The highest BCUT2D eigenvalue weighted by Crippen LogP contribution is 2.28. The molecule has 1 aliphatic rings. The predicted octanol–water partition coefficient (Wildman–Crippen LogP) is 4.68. The average molecular weight is 422 g/mol. The molecule has 1 saturated heterocycles. The van der Waals surface area contributed by atoms with Crippen LogP contribution in [-0.2, 0) is 20.8 Å². The molecule has 1 atom stereocenters. The number of carbonyl (C=O) groups is 3. The van der Waals surface area contributed by atoms with Gasteiger partial charge in [0.25, 0.3) is 0 Å². The molecule has 31 heavy (non-hydrogen) atoms. The number of anilines is 3. The smallest absolute Gasteiger partial charge is 0.229 e. The van der Waals surface area contributed by atoms with Crippen molar-refractivity contribution in [2.45, 2.75) is 52.9 Å². The van der Waals surface area contributed by atoms with Crippen LogP contribution in [0.2, 0.25) is 0 Å². The highest BCUT2D eigenvalue weighted by molar-refractivity contribution is 6.04. The molecule has 2 aromatic rings. The van der Waals surface area contributed by atoms with E-state index in [9.17, 15) is 14.4 Å². The van der Waals surface area contributed by atoms with Crippen molar-refractivity contribution in [3.63, 3.8) is 0 Å². The lowest BCUT2D eigenvalue weighted by molar-refractivity contribution is -0.122. The van der Waals surface area contributed by atoms with E-state index in [1.54, 1.807) is 17.9 Å². The molecule has 1 heterocycles. The summed E-state index contributed by atoms with van der Waals surface area (Å²) in [4.78, 5) is 38.8. The quantitative estimate of drug-likeness (QED) is 0.650. The van der Waals surface area contributed by atoms with Crippen LogP contribution in [-0.4, -0.2) is 24.3 Å². The third kappa shape index (κ3) is 5.72. The fourth-order valence-electron chi connectivity index (χ4n) is 3.67. The molecule has 0 aromatic heterocycles. The van der Waals surface area contributed by atoms with Crippen molar-refractivity contribution in [2.75, 3.05) is 22.1 Å². The highest BCUT2D eigenvalue weighted by Gasteiger charge is 2.35. The minimum Gasteiger partial charge on any atom is -0.326 e. The summed E-state index contributed by atoms with van der Waals surface area (Å²) < 4.78 is 0. The Kier molecular flexibility index (Phi) is 7.45. The van der Waals surface area contributed by atoms with Crippen molar-refractivity contribution < 1.29 is 14.4 Å². The first-order chi connectivity index (χ1) is 14.9. The van der Waals surface area contributed by atoms with E-state index < -0.39 is 5.92 Å². The summed E-state index contributed by atoms with van der Waals surface area (Å²) >= 11 is 0. The zero-order chi connectivity index (χ0) is 22.4. The number of nitrogens with zero attached hydrogens (tertiary/aromatic N) is 1. The van der Waals surface area contributed by atoms with Crippen molar-refractivity contribution in [2.24, 2.45) is 5.92 Å². The average Bonchev–Trinajstić information content (AvgIpc) is 3.16. The van der Waals surface area contributed by atoms with Gasteiger partial charge >= 0.3 is 0 Å². The van der Waals surface area contributed by atoms with Crippen LogP contribution in [0, 0.1) is 12.8 Å². The topological polar surface area (TPSA) is 78.5 Å². The number of hydrogen-bond donors (Lipinski definition) is 2. The summed E-state index contributed by atoms with van der Waals surface area (Å²) in [5.41, 5.74) is 4.27. The van der Waals surface area contributed by atoms with E-state index in [2.05, 4.69) is 29.7 Å². The largest absolute Gasteiger partial charge is 0.326 e. The molecule has 0 saturated carbocycles. The Labute approximate surface area is 184 Å². The molecule has 2 aromatic carbocycles. The second-order valence-electron chi connectivity index (χ2n) is 8.10. The Morgan fingerprint density at radius 1 is 1.06 bits per heavy atom. The van der Waals surface area contributed by atoms with Gasteiger partial charge in [0.1, 0.15) is 0 Å². The van der Waals surface area contributed by atoms with Crippen LogP contribution < -0.4 is 15.5 Å². The molecule has 3 rings (SSSR count). The van der Waals surface area contributed by atoms with Gasteiger partial charge in [-0.05, 0) is 55.2 Å². The molecule has 164 valence electrons. The first-order valence-electron chi connectivity index (χ1n) is 11.0. The van der Waals surface area contributed by atoms with Gasteiger partial charge in [-0.15, -0.1) is 0 Å². The molecule has 0 spiro atoms. The monoisotopic (exact) mass is 421 g/mol. The van der Waals surface area contributed by atoms with Crippen molar-refractivity contribution >= 4 is 34.8 Å². The van der Waals surface area contributed by atoms with E-state index in [-0.39, 0.29) is 24.1 Å². The number of amides is 3. The zero-order valence-corrected chi connectivity index (χ0v) is 18.5. The third-order valence-electron chi connectivity index (χ3n) is 5.66. The molecule has 0 aliphatic carbocycles. The van der Waals surface area contributed by atoms with Crippen LogP contribution in [0.25, 0.3) is 0 Å². The summed E-state index contributed by atoms with van der Waals surface area (Å²) in [5, 5.41) is 5.74. The van der Waals surface area contributed by atoms with Crippen molar-refractivity contribution in [3.05, 3.63) is 53.6 Å². The van der Waals surface area contributed by atoms with Crippen LogP contribution in [0.4, 0.5) is 17.1 Å². The van der Waals surface area contributed by atoms with Crippen molar-refractivity contribution in [1.29, 1.82) is 0 Å². The molecule has 1 aliphatic heterocycles. The Morgan fingerprint density at radius 3 is 2.48 bits per heavy atom. The van der Waals surface area contributed by atoms with E-state index in [0.29, 0.717) is 24.3 Å². The fourth-order valence-corrected chi connectivity index (χ4v) is 3.67. The van der Waals surface area contributed by atoms with Crippen molar-refractivity contribution in [3.8, 4) is 0 Å². The van der Waals surface area contributed by atoms with E-state index >= 15 is 0 Å². The van der Waals surface area contributed by atoms with Crippen LogP contribution in [0.1, 0.15) is 50.7 Å². The van der Waals surface area contributed by atoms with Gasteiger partial charge in [0.05, 0.1) is 5.92 Å². The molecule has 1 unspecified atom stereocenters. The Balaban J connectivity index is 1.65. The summed E-state index contributed by atoms with van der Waals surface area (Å²) in [6, 6.07) is 13.5. The molecule has 2 N–H and O–H groups in total. The summed E-state index contributed by atoms with van der Waals surface area (Å²) in [6.07, 6.45) is 3.90. The predicted molar refractivity (Wildman–Crippen MR) is 124 cm³/mol. The van der Waals surface area contributed by atoms with E-state index in [1.165, 1.54) is 5.56 Å². The van der Waals surface area contributed by atoms with E-state index in [0.717, 1.165) is 30.5 Å². The Morgan fingerprint density at radius 2 is 1.81 bits per heavy atom. The van der Waals surface area contributed by atoms with Crippen LogP contribution >= 0.6 is 0 Å². The van der Waals surface area contributed by atoms with Gasteiger partial charge in [-0.25, -0.2) is 0 Å². The minimum atomic E-state index is -0.416. The van der Waals surface area contributed by atoms with E-state index in [4.69, 9.17) is 0 Å². The highest BCUT2D eigenvalue weighted by atomic mass is 16.2. The van der Waals surface area contributed by atoms with Crippen LogP contribution in [0.15, 0.2) is 42.5 Å². The molecule has 0 radical (unpaired) electrons. The maximum absolute atomic E-state index is 12.9. The molecule has 3 amide bonds. The van der Waals surface area contributed by atoms with E-state index in [1.807, 2.05) is 31.2 Å². The summed E-state index contributed by atoms with van der Waals surface area (Å²) in [5.74, 6) is -0.723. The Bertz CT molecular complexity index is 953. The number of unbranched alkanes of at least 4 members (excludes halogenated alkanes) is 1. The molecule has 1 fully saturated rings. The first kappa shape index (κ1) is 22.5. The lowest BCUT2D eigenvalue weighted by Crippen LogP contribution is -2.28. The summed E-state index contributed by atoms with van der Waals surface area (Å²) in [7, 11) is 0. The maximum Gasteiger partial charge on any atom is 0.229 e. The van der Waals surface area contributed by atoms with Gasteiger partial charge in [0.15, 0.2) is 0 Å². The standard InChI is InChI=1S/C25H31N3O3/c1-4-6-7-18-9-12-21(13-10-18)28-16-19(14-24(28)30)25(31)27-22-15-20(11-8-17(22)3)26-23(29)5-2/h8-13,15,19H,4-7,14,16H2,1-3H3,(H,26,29)(H,27,31). The molecule has 6 heteroatoms. The number of nitrogens with one attached hydrogen (secondary N) is 2. The SMILES string of the molecule is CCCCc1ccc(N2CC(C(=O)Nc3cc(NC(=O)CC)ccc3C)CC2=O)cc1. The number of aryl methyl sites for hydroxylation is 2. The zero-order valence-electron chi connectivity index (χ0n) is 18.5. The van der Waals surface area contributed by atoms with Gasteiger partial charge in [-0.1, -0.05) is 38.5 Å². The van der Waals surface area contributed by atoms with Gasteiger partial charge < -0.3 is 15.5 Å². The van der Waals surface area contributed by atoms with Gasteiger partial charge in [0.2, 0.25) is 17.7 Å². The molecule has 6 nitrogen and oxygen atoms in total. The second-order valence-corrected chi connectivity index (χ2v) is 8.10. The lowest BCUT2D eigenvalue weighted by atomic mass is 10.1. The van der Waals surface area contributed by atoms with Gasteiger partial charge in [-0.2, -0.15) is 0 Å². The first-order valence-corrected chi connectivity index (χ1v) is 11.0. The van der Waals surface area contributed by atoms with Gasteiger partial charge in [0, 0.05) is 36.4 Å². The number of benzene rings is 2. The molecular weight excluding hydrogens is 390 g/mol. The van der Waals surface area contributed by atoms with Crippen molar-refractivity contribution in [1.82, 2.24) is 0 Å². The maximum atomic E-state index is 12.9. The lowest BCUT2D eigenvalue weighted by Gasteiger charge is -2.18. The second kappa shape index (κ2) is 10.2. The molecular formula is C25H31N3O3. The minimum absolute atomic E-state index is 0.0397. The fraction of sp³-hybridized carbons (Fsp3) is 0.400. The normalized spacial score (nSPS) is 15.8. The van der Waals surface area contributed by atoms with Crippen LogP contribution in [0.3, 0.4) is 0 Å². The number of rotatable bonds is 8. The number of hydrogen-bond acceptors (Lipinski definition) is 3. The Hall–Kier alpha value is -3.15. The number of carbonyl (C=O) groups excluding carboxylic acids is 3.